The Labute approximate surface area is 112 Å². The van der Waals surface area contributed by atoms with Gasteiger partial charge in [0.05, 0.1) is 6.10 Å². The highest BCUT2D eigenvalue weighted by atomic mass is 32.2. The van der Waals surface area contributed by atoms with Crippen LogP contribution in [-0.4, -0.2) is 17.4 Å². The summed E-state index contributed by atoms with van der Waals surface area (Å²) >= 11 is 1.90. The van der Waals surface area contributed by atoms with Crippen molar-refractivity contribution in [2.75, 3.05) is 5.32 Å². The molecule has 0 radical (unpaired) electrons. The Bertz CT molecular complexity index is 441. The van der Waals surface area contributed by atoms with Crippen molar-refractivity contribution < 1.29 is 9.53 Å². The van der Waals surface area contributed by atoms with E-state index in [1.54, 1.807) is 0 Å². The van der Waals surface area contributed by atoms with Crippen molar-refractivity contribution in [3.63, 3.8) is 0 Å². The fourth-order valence-corrected chi connectivity index (χ4v) is 2.71. The summed E-state index contributed by atoms with van der Waals surface area (Å²) in [5.74, 6) is 0. The highest BCUT2D eigenvalue weighted by Gasteiger charge is 2.23. The maximum Gasteiger partial charge on any atom is 0.411 e. The lowest BCUT2D eigenvalue weighted by Gasteiger charge is -2.11. The van der Waals surface area contributed by atoms with E-state index in [1.807, 2.05) is 43.8 Å². The first-order valence-electron chi connectivity index (χ1n) is 6.29. The fourth-order valence-electron chi connectivity index (χ4n) is 1.53. The molecule has 4 heteroatoms. The van der Waals surface area contributed by atoms with E-state index < -0.39 is 6.09 Å². The van der Waals surface area contributed by atoms with E-state index in [4.69, 9.17) is 4.74 Å². The van der Waals surface area contributed by atoms with Crippen molar-refractivity contribution in [1.29, 1.82) is 0 Å². The van der Waals surface area contributed by atoms with Crippen LogP contribution >= 0.6 is 11.8 Å². The van der Waals surface area contributed by atoms with Crippen molar-refractivity contribution in [3.8, 4) is 0 Å². The van der Waals surface area contributed by atoms with Crippen LogP contribution in [0.5, 0.6) is 0 Å². The number of ether oxygens (including phenoxy) is 1. The number of carbonyl (C=O) groups is 1. The summed E-state index contributed by atoms with van der Waals surface area (Å²) in [5.41, 5.74) is 2.06. The summed E-state index contributed by atoms with van der Waals surface area (Å²) in [4.78, 5) is 12.8. The van der Waals surface area contributed by atoms with Gasteiger partial charge in [0.2, 0.25) is 0 Å². The number of anilines is 1. The molecule has 1 aromatic rings. The largest absolute Gasteiger partial charge is 0.447 e. The van der Waals surface area contributed by atoms with Crippen LogP contribution < -0.4 is 5.32 Å². The Morgan fingerprint density at radius 2 is 2.17 bits per heavy atom. The molecule has 1 amide bonds. The van der Waals surface area contributed by atoms with E-state index in [2.05, 4.69) is 12.2 Å². The molecule has 0 spiro atoms. The zero-order valence-corrected chi connectivity index (χ0v) is 11.8. The molecule has 0 aliphatic heterocycles. The second-order valence-electron chi connectivity index (χ2n) is 4.88. The highest BCUT2D eigenvalue weighted by molar-refractivity contribution is 8.00. The van der Waals surface area contributed by atoms with Crippen LogP contribution in [0.2, 0.25) is 0 Å². The van der Waals surface area contributed by atoms with Crippen LogP contribution in [-0.2, 0) is 4.74 Å². The number of benzene rings is 1. The van der Waals surface area contributed by atoms with Gasteiger partial charge in [0.1, 0.15) is 0 Å². The number of hydrogen-bond acceptors (Lipinski definition) is 3. The summed E-state index contributed by atoms with van der Waals surface area (Å²) in [7, 11) is 0. The van der Waals surface area contributed by atoms with Gasteiger partial charge in [-0.2, -0.15) is 0 Å². The first-order chi connectivity index (χ1) is 8.54. The van der Waals surface area contributed by atoms with E-state index in [0.717, 1.165) is 10.9 Å². The van der Waals surface area contributed by atoms with E-state index in [0.29, 0.717) is 0 Å². The highest BCUT2D eigenvalue weighted by Crippen LogP contribution is 2.41. The SMILES string of the molecule is Cc1ccc(NC(=O)OC(C)C)cc1SC1CC1. The number of hydrogen-bond donors (Lipinski definition) is 1. The van der Waals surface area contributed by atoms with Gasteiger partial charge in [0.25, 0.3) is 0 Å². The molecule has 1 aliphatic carbocycles. The molecule has 1 N–H and O–H groups in total. The van der Waals surface area contributed by atoms with E-state index in [-0.39, 0.29) is 6.10 Å². The molecule has 1 saturated carbocycles. The summed E-state index contributed by atoms with van der Waals surface area (Å²) in [6.45, 7) is 5.77. The number of amides is 1. The molecule has 3 nitrogen and oxygen atoms in total. The molecular formula is C14H19NO2S. The lowest BCUT2D eigenvalue weighted by Crippen LogP contribution is -2.17. The van der Waals surface area contributed by atoms with Crippen molar-refractivity contribution in [2.24, 2.45) is 0 Å². The summed E-state index contributed by atoms with van der Waals surface area (Å²) in [5, 5.41) is 3.53. The molecule has 1 aromatic carbocycles. The van der Waals surface area contributed by atoms with Crippen LogP contribution in [0.25, 0.3) is 0 Å². The minimum atomic E-state index is -0.392. The van der Waals surface area contributed by atoms with Crippen molar-refractivity contribution >= 4 is 23.5 Å². The second kappa shape index (κ2) is 5.65. The summed E-state index contributed by atoms with van der Waals surface area (Å²) in [6, 6.07) is 5.98. The summed E-state index contributed by atoms with van der Waals surface area (Å²) < 4.78 is 5.06. The van der Waals surface area contributed by atoms with Crippen LogP contribution in [0.3, 0.4) is 0 Å². The minimum Gasteiger partial charge on any atom is -0.447 e. The average Bonchev–Trinajstić information content (AvgIpc) is 3.05. The second-order valence-corrected chi connectivity index (χ2v) is 6.22. The number of carbonyl (C=O) groups excluding carboxylic acids is 1. The maximum atomic E-state index is 11.5. The van der Waals surface area contributed by atoms with Gasteiger partial charge in [-0.25, -0.2) is 4.79 Å². The quantitative estimate of drug-likeness (QED) is 0.886. The van der Waals surface area contributed by atoms with Gasteiger partial charge in [-0.15, -0.1) is 11.8 Å². The Morgan fingerprint density at radius 3 is 2.78 bits per heavy atom. The lowest BCUT2D eigenvalue weighted by atomic mass is 10.2. The van der Waals surface area contributed by atoms with E-state index >= 15 is 0 Å². The normalized spacial score (nSPS) is 14.7. The van der Waals surface area contributed by atoms with Gasteiger partial charge >= 0.3 is 6.09 Å². The number of rotatable bonds is 4. The third-order valence-corrected chi connectivity index (χ3v) is 4.09. The molecule has 0 bridgehead atoms. The first kappa shape index (κ1) is 13.3. The molecule has 2 rings (SSSR count). The smallest absolute Gasteiger partial charge is 0.411 e. The first-order valence-corrected chi connectivity index (χ1v) is 7.17. The predicted octanol–water partition coefficient (Wildman–Crippen LogP) is 4.21. The zero-order chi connectivity index (χ0) is 13.1. The van der Waals surface area contributed by atoms with Gasteiger partial charge in [0, 0.05) is 15.8 Å². The van der Waals surface area contributed by atoms with Gasteiger partial charge in [-0.05, 0) is 51.3 Å². The van der Waals surface area contributed by atoms with E-state index in [9.17, 15) is 4.79 Å². The lowest BCUT2D eigenvalue weighted by molar-refractivity contribution is 0.130. The van der Waals surface area contributed by atoms with Gasteiger partial charge in [-0.3, -0.25) is 5.32 Å². The average molecular weight is 265 g/mol. The Hall–Kier alpha value is -1.16. The molecule has 0 unspecified atom stereocenters. The molecule has 1 fully saturated rings. The standard InChI is InChI=1S/C14H19NO2S/c1-9(2)17-14(16)15-11-5-4-10(3)13(8-11)18-12-6-7-12/h4-5,8-9,12H,6-7H2,1-3H3,(H,15,16). The van der Waals surface area contributed by atoms with Crippen LogP contribution in [0.4, 0.5) is 10.5 Å². The Kier molecular flexibility index (Phi) is 4.17. The van der Waals surface area contributed by atoms with Crippen LogP contribution in [0.15, 0.2) is 23.1 Å². The molecule has 98 valence electrons. The van der Waals surface area contributed by atoms with E-state index in [1.165, 1.54) is 23.3 Å². The van der Waals surface area contributed by atoms with Crippen molar-refractivity contribution in [3.05, 3.63) is 23.8 Å². The molecule has 0 heterocycles. The van der Waals surface area contributed by atoms with Crippen LogP contribution in [0.1, 0.15) is 32.3 Å². The molecule has 0 saturated heterocycles. The molecular weight excluding hydrogens is 246 g/mol. The van der Waals surface area contributed by atoms with Gasteiger partial charge in [0.15, 0.2) is 0 Å². The number of thioether (sulfide) groups is 1. The monoisotopic (exact) mass is 265 g/mol. The Balaban J connectivity index is 2.01. The maximum absolute atomic E-state index is 11.5. The fraction of sp³-hybridized carbons (Fsp3) is 0.500. The Morgan fingerprint density at radius 1 is 1.44 bits per heavy atom. The van der Waals surface area contributed by atoms with Gasteiger partial charge < -0.3 is 4.74 Å². The third-order valence-electron chi connectivity index (χ3n) is 2.60. The van der Waals surface area contributed by atoms with Crippen LogP contribution in [0, 0.1) is 6.92 Å². The predicted molar refractivity (Wildman–Crippen MR) is 75.3 cm³/mol. The molecule has 0 aromatic heterocycles. The summed E-state index contributed by atoms with van der Waals surface area (Å²) in [6.07, 6.45) is 2.11. The van der Waals surface area contributed by atoms with Gasteiger partial charge in [-0.1, -0.05) is 6.07 Å². The molecule has 0 atom stereocenters. The zero-order valence-electron chi connectivity index (χ0n) is 11.0. The number of nitrogens with one attached hydrogen (secondary N) is 1. The number of aryl methyl sites for hydroxylation is 1. The van der Waals surface area contributed by atoms with Crippen molar-refractivity contribution in [1.82, 2.24) is 0 Å². The minimum absolute atomic E-state index is 0.101. The molecule has 1 aliphatic rings. The van der Waals surface area contributed by atoms with Crippen molar-refractivity contribution in [2.45, 2.75) is 49.9 Å². The molecule has 18 heavy (non-hydrogen) atoms. The third kappa shape index (κ3) is 3.95. The topological polar surface area (TPSA) is 38.3 Å².